The monoisotopic (exact) mass is 380 g/mol. The van der Waals surface area contributed by atoms with Gasteiger partial charge in [0, 0.05) is 0 Å². The Morgan fingerprint density at radius 2 is 1.52 bits per heavy atom. The van der Waals surface area contributed by atoms with E-state index in [2.05, 4.69) is 41.5 Å². The summed E-state index contributed by atoms with van der Waals surface area (Å²) in [6.07, 6.45) is 12.3. The molecule has 2 saturated carbocycles. The van der Waals surface area contributed by atoms with Crippen LogP contribution in [-0.4, -0.2) is 11.6 Å². The number of hydrogen-bond donors (Lipinski definition) is 0. The molecule has 2 aliphatic carbocycles. The summed E-state index contributed by atoms with van der Waals surface area (Å²) in [6.45, 7) is 16.9. The van der Waals surface area contributed by atoms with Gasteiger partial charge < -0.3 is 4.74 Å². The highest BCUT2D eigenvalue weighted by Gasteiger charge is 2.46. The number of ether oxygens (including phenoxy) is 1. The summed E-state index contributed by atoms with van der Waals surface area (Å²) in [5.74, 6) is 2.92. The van der Waals surface area contributed by atoms with Crippen LogP contribution < -0.4 is 0 Å². The Morgan fingerprint density at radius 3 is 2.04 bits per heavy atom. The lowest BCUT2D eigenvalue weighted by Gasteiger charge is -2.47. The van der Waals surface area contributed by atoms with E-state index in [-0.39, 0.29) is 17.0 Å². The molecule has 0 amide bonds. The summed E-state index contributed by atoms with van der Waals surface area (Å²) in [4.78, 5) is 13.0. The predicted octanol–water partition coefficient (Wildman–Crippen LogP) is 7.79. The lowest BCUT2D eigenvalue weighted by atomic mass is 9.63. The van der Waals surface area contributed by atoms with Crippen molar-refractivity contribution in [2.75, 3.05) is 0 Å². The lowest BCUT2D eigenvalue weighted by molar-refractivity contribution is -0.183. The maximum absolute atomic E-state index is 13.0. The van der Waals surface area contributed by atoms with Crippen LogP contribution in [0.1, 0.15) is 120 Å². The molecule has 0 spiro atoms. The Hall–Kier alpha value is -0.530. The molecule has 160 valence electrons. The van der Waals surface area contributed by atoms with Crippen molar-refractivity contribution in [1.82, 2.24) is 0 Å². The first-order valence-electron chi connectivity index (χ1n) is 12.0. The van der Waals surface area contributed by atoms with E-state index in [1.54, 1.807) is 0 Å². The van der Waals surface area contributed by atoms with Crippen LogP contribution in [-0.2, 0) is 9.53 Å². The number of esters is 1. The van der Waals surface area contributed by atoms with Crippen molar-refractivity contribution >= 4 is 5.97 Å². The van der Waals surface area contributed by atoms with Crippen LogP contribution in [0, 0.1) is 29.1 Å². The molecule has 0 radical (unpaired) electrons. The smallest absolute Gasteiger partial charge is 0.312 e. The molecule has 2 nitrogen and oxygen atoms in total. The summed E-state index contributed by atoms with van der Waals surface area (Å²) >= 11 is 0. The molecule has 0 aromatic heterocycles. The minimum atomic E-state index is -0.383. The van der Waals surface area contributed by atoms with Crippen LogP contribution in [0.4, 0.5) is 0 Å². The largest absolute Gasteiger partial charge is 0.458 e. The van der Waals surface area contributed by atoms with E-state index < -0.39 is 0 Å². The van der Waals surface area contributed by atoms with Gasteiger partial charge in [-0.2, -0.15) is 0 Å². The SMILES string of the molecule is CC.CCC(CC)(OC(=O)C(C)(C)CC(C)C)C1CCC2CCCCC2C1. The molecule has 0 aromatic carbocycles. The predicted molar refractivity (Wildman–Crippen MR) is 117 cm³/mol. The Labute approximate surface area is 170 Å². The van der Waals surface area contributed by atoms with Gasteiger partial charge in [-0.1, -0.05) is 67.2 Å². The third-order valence-corrected chi connectivity index (χ3v) is 7.25. The van der Waals surface area contributed by atoms with Crippen molar-refractivity contribution in [3.05, 3.63) is 0 Å². The molecule has 2 heteroatoms. The molecule has 2 fully saturated rings. The Morgan fingerprint density at radius 1 is 0.963 bits per heavy atom. The number of hydrogen-bond acceptors (Lipinski definition) is 2. The Kier molecular flexibility index (Phi) is 9.86. The fourth-order valence-corrected chi connectivity index (χ4v) is 5.83. The topological polar surface area (TPSA) is 26.3 Å². The van der Waals surface area contributed by atoms with Gasteiger partial charge in [0.05, 0.1) is 5.41 Å². The standard InChI is InChI=1S/C23H42O2.C2H6/c1-7-23(8-2,25-21(24)22(5,6)16-17(3)4)20-14-13-18-11-9-10-12-19(18)15-20;1-2/h17-20H,7-16H2,1-6H3;1-2H3. The second kappa shape index (κ2) is 10.9. The van der Waals surface area contributed by atoms with Gasteiger partial charge in [0.25, 0.3) is 0 Å². The van der Waals surface area contributed by atoms with E-state index in [0.29, 0.717) is 11.8 Å². The second-order valence-electron chi connectivity index (χ2n) is 9.96. The molecule has 2 rings (SSSR count). The number of rotatable bonds is 7. The van der Waals surface area contributed by atoms with Gasteiger partial charge in [-0.05, 0) is 76.0 Å². The van der Waals surface area contributed by atoms with Crippen LogP contribution in [0.15, 0.2) is 0 Å². The van der Waals surface area contributed by atoms with Crippen molar-refractivity contribution < 1.29 is 9.53 Å². The summed E-state index contributed by atoms with van der Waals surface area (Å²) in [6, 6.07) is 0. The molecule has 3 unspecified atom stereocenters. The highest BCUT2D eigenvalue weighted by molar-refractivity contribution is 5.76. The van der Waals surface area contributed by atoms with Crippen molar-refractivity contribution in [2.45, 2.75) is 125 Å². The molecule has 0 aromatic rings. The van der Waals surface area contributed by atoms with E-state index >= 15 is 0 Å². The highest BCUT2D eigenvalue weighted by atomic mass is 16.6. The van der Waals surface area contributed by atoms with E-state index in [4.69, 9.17) is 4.74 Å². The summed E-state index contributed by atoms with van der Waals surface area (Å²) < 4.78 is 6.38. The molecule has 3 atom stereocenters. The first kappa shape index (κ1) is 24.5. The molecule has 0 heterocycles. The maximum atomic E-state index is 13.0. The van der Waals surface area contributed by atoms with Gasteiger partial charge in [-0.3, -0.25) is 4.79 Å². The average Bonchev–Trinajstić information content (AvgIpc) is 2.66. The van der Waals surface area contributed by atoms with Gasteiger partial charge in [0.1, 0.15) is 5.60 Å². The van der Waals surface area contributed by atoms with Crippen LogP contribution >= 0.6 is 0 Å². The van der Waals surface area contributed by atoms with Crippen LogP contribution in [0.2, 0.25) is 0 Å². The quantitative estimate of drug-likeness (QED) is 0.421. The first-order chi connectivity index (χ1) is 12.7. The average molecular weight is 381 g/mol. The fourth-order valence-electron chi connectivity index (χ4n) is 5.83. The molecular weight excluding hydrogens is 332 g/mol. The normalized spacial score (nSPS) is 26.0. The minimum Gasteiger partial charge on any atom is -0.458 e. The summed E-state index contributed by atoms with van der Waals surface area (Å²) in [5.41, 5.74) is -0.625. The Bertz CT molecular complexity index is 434. The summed E-state index contributed by atoms with van der Waals surface area (Å²) in [5, 5.41) is 0. The third-order valence-electron chi connectivity index (χ3n) is 7.25. The molecule has 27 heavy (non-hydrogen) atoms. The van der Waals surface area contributed by atoms with Gasteiger partial charge >= 0.3 is 5.97 Å². The zero-order valence-corrected chi connectivity index (χ0v) is 19.7. The number of carbonyl (C=O) groups is 1. The highest BCUT2D eigenvalue weighted by Crippen LogP contribution is 2.49. The van der Waals surface area contributed by atoms with Gasteiger partial charge in [0.15, 0.2) is 0 Å². The zero-order chi connectivity index (χ0) is 20.7. The molecule has 2 aliphatic rings. The van der Waals surface area contributed by atoms with Crippen molar-refractivity contribution in [1.29, 1.82) is 0 Å². The van der Waals surface area contributed by atoms with Crippen LogP contribution in [0.3, 0.4) is 0 Å². The van der Waals surface area contributed by atoms with Gasteiger partial charge in [-0.15, -0.1) is 0 Å². The van der Waals surface area contributed by atoms with Crippen molar-refractivity contribution in [3.63, 3.8) is 0 Å². The van der Waals surface area contributed by atoms with Gasteiger partial charge in [-0.25, -0.2) is 0 Å². The fraction of sp³-hybridized carbons (Fsp3) is 0.960. The van der Waals surface area contributed by atoms with Crippen LogP contribution in [0.25, 0.3) is 0 Å². The molecular formula is C25H48O2. The summed E-state index contributed by atoms with van der Waals surface area (Å²) in [7, 11) is 0. The van der Waals surface area contributed by atoms with E-state index in [9.17, 15) is 4.79 Å². The number of fused-ring (bicyclic) bond motifs is 1. The minimum absolute atomic E-state index is 0.0238. The first-order valence-corrected chi connectivity index (χ1v) is 12.0. The van der Waals surface area contributed by atoms with E-state index in [1.165, 1.54) is 44.9 Å². The molecule has 0 saturated heterocycles. The number of carbonyl (C=O) groups excluding carboxylic acids is 1. The maximum Gasteiger partial charge on any atom is 0.312 e. The zero-order valence-electron chi connectivity index (χ0n) is 19.7. The van der Waals surface area contributed by atoms with E-state index in [1.807, 2.05) is 13.8 Å². The van der Waals surface area contributed by atoms with Crippen molar-refractivity contribution in [3.8, 4) is 0 Å². The second-order valence-corrected chi connectivity index (χ2v) is 9.96. The Balaban J connectivity index is 0.00000176. The van der Waals surface area contributed by atoms with Crippen molar-refractivity contribution in [2.24, 2.45) is 29.1 Å². The molecule has 0 N–H and O–H groups in total. The molecule has 0 aliphatic heterocycles. The lowest BCUT2D eigenvalue weighted by Crippen LogP contribution is -2.47. The third kappa shape index (κ3) is 6.23. The van der Waals surface area contributed by atoms with E-state index in [0.717, 1.165) is 31.1 Å². The van der Waals surface area contributed by atoms with Crippen LogP contribution in [0.5, 0.6) is 0 Å². The molecule has 0 bridgehead atoms. The van der Waals surface area contributed by atoms with Gasteiger partial charge in [0.2, 0.25) is 0 Å².